The zero-order chi connectivity index (χ0) is 28.7. The van der Waals surface area contributed by atoms with Gasteiger partial charge in [0.15, 0.2) is 5.78 Å². The summed E-state index contributed by atoms with van der Waals surface area (Å²) in [4.78, 5) is 26.4. The molecular weight excluding hydrogens is 468 g/mol. The minimum Gasteiger partial charge on any atom is -0.469 e. The van der Waals surface area contributed by atoms with Crippen molar-refractivity contribution in [2.75, 3.05) is 7.11 Å². The molecule has 0 aromatic carbocycles. The van der Waals surface area contributed by atoms with E-state index >= 15 is 0 Å². The molecule has 38 heavy (non-hydrogen) atoms. The first-order chi connectivity index (χ1) is 17.3. The molecule has 1 unspecified atom stereocenters. The molecule has 4 rings (SSSR count). The van der Waals surface area contributed by atoms with Crippen molar-refractivity contribution in [2.24, 2.45) is 62.1 Å². The predicted octanol–water partition coefficient (Wildman–Crippen LogP) is 9.05. The summed E-state index contributed by atoms with van der Waals surface area (Å²) in [5, 5.41) is 0. The molecule has 0 saturated heterocycles. The topological polar surface area (TPSA) is 43.4 Å². The van der Waals surface area contributed by atoms with E-state index < -0.39 is 5.41 Å². The van der Waals surface area contributed by atoms with E-state index in [0.717, 1.165) is 19.3 Å². The number of ketones is 1. The van der Waals surface area contributed by atoms with Crippen LogP contribution in [-0.4, -0.2) is 18.9 Å². The summed E-state index contributed by atoms with van der Waals surface area (Å²) < 4.78 is 5.08. The van der Waals surface area contributed by atoms with Crippen molar-refractivity contribution in [1.29, 1.82) is 0 Å². The second-order valence-corrected chi connectivity index (χ2v) is 16.6. The minimum absolute atomic E-state index is 0.0603. The van der Waals surface area contributed by atoms with Crippen molar-refractivity contribution < 1.29 is 14.3 Å². The van der Waals surface area contributed by atoms with E-state index in [1.807, 2.05) is 13.8 Å². The van der Waals surface area contributed by atoms with Gasteiger partial charge in [-0.3, -0.25) is 9.59 Å². The van der Waals surface area contributed by atoms with Gasteiger partial charge in [0, 0.05) is 5.41 Å². The number of carbonyl (C=O) groups excluding carboxylic acids is 2. The van der Waals surface area contributed by atoms with Crippen LogP contribution in [0.15, 0.2) is 11.6 Å². The average Bonchev–Trinajstić information content (AvgIpc) is 3.12. The lowest BCUT2D eigenvalue weighted by Crippen LogP contribution is -2.60. The van der Waals surface area contributed by atoms with Gasteiger partial charge in [-0.25, -0.2) is 0 Å². The van der Waals surface area contributed by atoms with Crippen LogP contribution in [0.4, 0.5) is 0 Å². The van der Waals surface area contributed by atoms with Crippen molar-refractivity contribution in [1.82, 2.24) is 0 Å². The maximum atomic E-state index is 14.0. The molecule has 3 heteroatoms. The highest BCUT2D eigenvalue weighted by atomic mass is 16.5. The van der Waals surface area contributed by atoms with E-state index in [4.69, 9.17) is 4.74 Å². The minimum atomic E-state index is -0.449. The molecule has 0 spiro atoms. The Hall–Kier alpha value is -1.12. The predicted molar refractivity (Wildman–Crippen MR) is 157 cm³/mol. The number of allylic oxidation sites excluding steroid dienone is 2. The Morgan fingerprint density at radius 3 is 2.18 bits per heavy atom. The van der Waals surface area contributed by atoms with Crippen LogP contribution in [0.5, 0.6) is 0 Å². The van der Waals surface area contributed by atoms with E-state index in [9.17, 15) is 9.59 Å². The number of fused-ring (bicyclic) bond motifs is 5. The van der Waals surface area contributed by atoms with Gasteiger partial charge in [0.05, 0.1) is 12.5 Å². The lowest BCUT2D eigenvalue weighted by molar-refractivity contribution is -0.153. The Morgan fingerprint density at radius 1 is 0.974 bits per heavy atom. The Labute approximate surface area is 234 Å². The Kier molecular flexibility index (Phi) is 7.23. The molecule has 0 aromatic heterocycles. The van der Waals surface area contributed by atoms with Crippen molar-refractivity contribution >= 4 is 11.8 Å². The molecule has 3 fully saturated rings. The summed E-state index contributed by atoms with van der Waals surface area (Å²) in [6, 6.07) is 0. The molecule has 0 aliphatic heterocycles. The highest BCUT2D eigenvalue weighted by molar-refractivity contribution is 5.97. The number of ether oxygens (including phenoxy) is 1. The summed E-state index contributed by atoms with van der Waals surface area (Å²) in [5.41, 5.74) is 1.31. The number of hydrogen-bond acceptors (Lipinski definition) is 3. The van der Waals surface area contributed by atoms with E-state index in [2.05, 4.69) is 68.4 Å². The molecule has 0 radical (unpaired) electrons. The standard InChI is InChI=1S/C35H58O3/c1-22-20-34(10)25-14-17-33(9)27(31(6,7)24(3)13-16-30(4,5)29(37)38-12)15-18-32(33,8)26(25)19-28(36)35(34,11)21-23(22)2/h19,22-25,27H,13-18,20-21H2,1-12H3/t22-,23+,24+,25?,27+,32-,33+,34+,35-/m0/s1. The van der Waals surface area contributed by atoms with Crippen molar-refractivity contribution in [3.63, 3.8) is 0 Å². The van der Waals surface area contributed by atoms with Crippen molar-refractivity contribution in [2.45, 2.75) is 128 Å². The largest absolute Gasteiger partial charge is 0.469 e. The van der Waals surface area contributed by atoms with Crippen LogP contribution in [0.1, 0.15) is 128 Å². The zero-order valence-corrected chi connectivity index (χ0v) is 26.8. The molecule has 4 aliphatic rings. The van der Waals surface area contributed by atoms with E-state index in [1.165, 1.54) is 44.8 Å². The highest BCUT2D eigenvalue weighted by Crippen LogP contribution is 2.75. The number of esters is 1. The SMILES string of the molecule is COC(=O)C(C)(C)CC[C@@H](C)C(C)(C)[C@H]1CC[C@@]2(C)C3=CC(=O)[C@]4(C)C[C@@H](C)[C@@H](C)C[C@]4(C)C3CC[C@]12C. The summed E-state index contributed by atoms with van der Waals surface area (Å²) >= 11 is 0. The third-order valence-corrected chi connectivity index (χ3v) is 14.3. The van der Waals surface area contributed by atoms with Gasteiger partial charge in [0.25, 0.3) is 0 Å². The van der Waals surface area contributed by atoms with Crippen LogP contribution in [0.2, 0.25) is 0 Å². The first-order valence-corrected chi connectivity index (χ1v) is 15.7. The molecule has 4 aliphatic carbocycles. The number of hydrogen-bond donors (Lipinski definition) is 0. The summed E-state index contributed by atoms with van der Waals surface area (Å²) in [7, 11) is 1.50. The van der Waals surface area contributed by atoms with Gasteiger partial charge in [-0.05, 0) is 123 Å². The summed E-state index contributed by atoms with van der Waals surface area (Å²) in [6.45, 7) is 26.1. The number of rotatable bonds is 6. The van der Waals surface area contributed by atoms with E-state index in [1.54, 1.807) is 0 Å². The van der Waals surface area contributed by atoms with Crippen LogP contribution in [0, 0.1) is 62.1 Å². The highest BCUT2D eigenvalue weighted by Gasteiger charge is 2.68. The van der Waals surface area contributed by atoms with Gasteiger partial charge in [-0.15, -0.1) is 0 Å². The molecule has 0 bridgehead atoms. The van der Waals surface area contributed by atoms with Gasteiger partial charge >= 0.3 is 5.97 Å². The lowest BCUT2D eigenvalue weighted by atomic mass is 9.38. The van der Waals surface area contributed by atoms with Gasteiger partial charge < -0.3 is 4.74 Å². The van der Waals surface area contributed by atoms with Crippen LogP contribution >= 0.6 is 0 Å². The second-order valence-electron chi connectivity index (χ2n) is 16.6. The van der Waals surface area contributed by atoms with Gasteiger partial charge in [-0.1, -0.05) is 67.9 Å². The molecule has 9 atom stereocenters. The summed E-state index contributed by atoms with van der Waals surface area (Å²) in [6.07, 6.45) is 11.1. The van der Waals surface area contributed by atoms with E-state index in [-0.39, 0.29) is 33.0 Å². The fourth-order valence-electron chi connectivity index (χ4n) is 10.5. The third kappa shape index (κ3) is 3.93. The first kappa shape index (κ1) is 29.9. The van der Waals surface area contributed by atoms with Gasteiger partial charge in [0.2, 0.25) is 0 Å². The first-order valence-electron chi connectivity index (χ1n) is 15.7. The normalized spacial score (nSPS) is 44.0. The molecule has 0 N–H and O–H groups in total. The fourth-order valence-corrected chi connectivity index (χ4v) is 10.5. The lowest BCUT2D eigenvalue weighted by Gasteiger charge is -2.65. The monoisotopic (exact) mass is 526 g/mol. The Bertz CT molecular complexity index is 1000. The van der Waals surface area contributed by atoms with Gasteiger partial charge in [-0.2, -0.15) is 0 Å². The quantitative estimate of drug-likeness (QED) is 0.324. The van der Waals surface area contributed by atoms with Gasteiger partial charge in [0.1, 0.15) is 0 Å². The van der Waals surface area contributed by atoms with Crippen LogP contribution in [-0.2, 0) is 14.3 Å². The fraction of sp³-hybridized carbons (Fsp3) is 0.886. The van der Waals surface area contributed by atoms with Crippen LogP contribution < -0.4 is 0 Å². The maximum Gasteiger partial charge on any atom is 0.311 e. The Balaban J connectivity index is 1.64. The van der Waals surface area contributed by atoms with Crippen molar-refractivity contribution in [3.05, 3.63) is 11.6 Å². The number of carbonyl (C=O) groups is 2. The van der Waals surface area contributed by atoms with E-state index in [0.29, 0.717) is 35.4 Å². The Morgan fingerprint density at radius 2 is 1.58 bits per heavy atom. The zero-order valence-electron chi connectivity index (χ0n) is 26.8. The second kappa shape index (κ2) is 9.20. The molecule has 3 nitrogen and oxygen atoms in total. The average molecular weight is 527 g/mol. The number of methoxy groups -OCH3 is 1. The van der Waals surface area contributed by atoms with Crippen LogP contribution in [0.3, 0.4) is 0 Å². The van der Waals surface area contributed by atoms with Crippen molar-refractivity contribution in [3.8, 4) is 0 Å². The molecular formula is C35H58O3. The van der Waals surface area contributed by atoms with Crippen LogP contribution in [0.25, 0.3) is 0 Å². The molecule has 216 valence electrons. The molecule has 3 saturated carbocycles. The molecule has 0 aromatic rings. The molecule has 0 amide bonds. The smallest absolute Gasteiger partial charge is 0.311 e. The summed E-state index contributed by atoms with van der Waals surface area (Å²) in [5.74, 6) is 3.21. The maximum absolute atomic E-state index is 14.0. The molecule has 0 heterocycles. The third-order valence-electron chi connectivity index (χ3n) is 14.3.